The van der Waals surface area contributed by atoms with Crippen LogP contribution in [0.5, 0.6) is 0 Å². The normalized spacial score (nSPS) is 17.1. The maximum absolute atomic E-state index is 13.2. The molecule has 252 valence electrons. The van der Waals surface area contributed by atoms with E-state index in [1.807, 2.05) is 40.9 Å². The van der Waals surface area contributed by atoms with Crippen LogP contribution >= 0.6 is 0 Å². The van der Waals surface area contributed by atoms with Crippen molar-refractivity contribution in [1.82, 2.24) is 29.2 Å². The Labute approximate surface area is 288 Å². The third-order valence-electron chi connectivity index (χ3n) is 10.2. The lowest BCUT2D eigenvalue weighted by molar-refractivity contribution is -0.0358. The summed E-state index contributed by atoms with van der Waals surface area (Å²) in [5, 5.41) is 11.4. The molecule has 1 saturated heterocycles. The molecular formula is C39H38N8O3. The van der Waals surface area contributed by atoms with Crippen molar-refractivity contribution in [2.24, 2.45) is 5.41 Å². The van der Waals surface area contributed by atoms with Crippen LogP contribution in [0.15, 0.2) is 89.9 Å². The Morgan fingerprint density at radius 1 is 0.980 bits per heavy atom. The van der Waals surface area contributed by atoms with Gasteiger partial charge in [0.15, 0.2) is 0 Å². The fraction of sp³-hybridized carbons (Fsp3) is 0.256. The van der Waals surface area contributed by atoms with Crippen LogP contribution < -0.4 is 16.2 Å². The molecule has 1 fully saturated rings. The molecule has 3 aliphatic rings. The zero-order valence-electron chi connectivity index (χ0n) is 28.2. The molecule has 0 saturated carbocycles. The maximum Gasteiger partial charge on any atom is 0.272 e. The molecule has 0 radical (unpaired) electrons. The molecule has 1 aliphatic carbocycles. The molecule has 11 heteroatoms. The number of H-pyrrole nitrogens is 2. The van der Waals surface area contributed by atoms with E-state index in [1.54, 1.807) is 0 Å². The Bertz CT molecular complexity index is 2450. The fourth-order valence-electron chi connectivity index (χ4n) is 7.64. The maximum atomic E-state index is 13.2. The molecule has 2 aliphatic heterocycles. The van der Waals surface area contributed by atoms with Gasteiger partial charge in [-0.2, -0.15) is 4.98 Å². The molecule has 4 aromatic heterocycles. The van der Waals surface area contributed by atoms with Gasteiger partial charge in [0.2, 0.25) is 5.95 Å². The number of ether oxygens (including phenoxy) is 1. The highest BCUT2D eigenvalue weighted by Gasteiger charge is 2.32. The smallest absolute Gasteiger partial charge is 0.272 e. The van der Waals surface area contributed by atoms with E-state index in [4.69, 9.17) is 10.5 Å². The van der Waals surface area contributed by atoms with Gasteiger partial charge in [-0.15, -0.1) is 0 Å². The molecule has 9 rings (SSSR count). The molecule has 0 spiro atoms. The van der Waals surface area contributed by atoms with Crippen LogP contribution in [0.1, 0.15) is 37.6 Å². The molecule has 0 amide bonds. The number of rotatable bonds is 6. The first-order valence-corrected chi connectivity index (χ1v) is 16.9. The van der Waals surface area contributed by atoms with Gasteiger partial charge in [0, 0.05) is 64.1 Å². The minimum Gasteiger partial charge on any atom is -0.392 e. The van der Waals surface area contributed by atoms with Gasteiger partial charge < -0.3 is 39.7 Å². The summed E-state index contributed by atoms with van der Waals surface area (Å²) in [5.74, 6) is 0.145. The molecule has 6 aromatic rings. The van der Waals surface area contributed by atoms with Gasteiger partial charge in [0.1, 0.15) is 11.2 Å². The number of fused-ring (bicyclic) bond motifs is 4. The molecule has 0 bridgehead atoms. The number of hydrogen-bond acceptors (Lipinski definition) is 8. The predicted molar refractivity (Wildman–Crippen MR) is 195 cm³/mol. The third-order valence-corrected chi connectivity index (χ3v) is 10.2. The fourth-order valence-corrected chi connectivity index (χ4v) is 7.64. The molecule has 11 nitrogen and oxygen atoms in total. The highest BCUT2D eigenvalue weighted by Crippen LogP contribution is 2.39. The first-order valence-electron chi connectivity index (χ1n) is 16.9. The van der Waals surface area contributed by atoms with E-state index < -0.39 is 0 Å². The van der Waals surface area contributed by atoms with Gasteiger partial charge >= 0.3 is 0 Å². The average Bonchev–Trinajstić information content (AvgIpc) is 3.74. The van der Waals surface area contributed by atoms with Crippen molar-refractivity contribution in [2.45, 2.75) is 46.3 Å². The van der Waals surface area contributed by atoms with Crippen LogP contribution in [0.3, 0.4) is 0 Å². The molecular weight excluding hydrogens is 628 g/mol. The summed E-state index contributed by atoms with van der Waals surface area (Å²) < 4.78 is 7.38. The summed E-state index contributed by atoms with van der Waals surface area (Å²) in [4.78, 5) is 33.2. The first kappa shape index (κ1) is 30.4. The Morgan fingerprint density at radius 3 is 2.52 bits per heavy atom. The van der Waals surface area contributed by atoms with Crippen molar-refractivity contribution in [3.63, 3.8) is 0 Å². The molecule has 0 unspecified atom stereocenters. The first-order chi connectivity index (χ1) is 24.1. The van der Waals surface area contributed by atoms with Crippen LogP contribution in [0.2, 0.25) is 0 Å². The van der Waals surface area contributed by atoms with E-state index in [0.29, 0.717) is 34.2 Å². The topological polar surface area (TPSA) is 141 Å². The second-order valence-electron chi connectivity index (χ2n) is 14.4. The summed E-state index contributed by atoms with van der Waals surface area (Å²) in [5.41, 5.74) is 17.5. The number of nitrogen functional groups attached to an aromatic ring is 1. The quantitative estimate of drug-likeness (QED) is 0.171. The summed E-state index contributed by atoms with van der Waals surface area (Å²) in [7, 11) is 0. The van der Waals surface area contributed by atoms with Crippen LogP contribution in [-0.4, -0.2) is 53.6 Å². The van der Waals surface area contributed by atoms with Crippen molar-refractivity contribution < 1.29 is 9.84 Å². The lowest BCUT2D eigenvalue weighted by Gasteiger charge is -2.38. The van der Waals surface area contributed by atoms with Gasteiger partial charge in [-0.1, -0.05) is 38.1 Å². The summed E-state index contributed by atoms with van der Waals surface area (Å²) in [6, 6.07) is 18.6. The highest BCUT2D eigenvalue weighted by atomic mass is 16.5. The number of nitrogens with two attached hydrogens (primary N) is 1. The van der Waals surface area contributed by atoms with E-state index in [9.17, 15) is 9.90 Å². The number of aromatic nitrogens is 5. The van der Waals surface area contributed by atoms with E-state index in [0.717, 1.165) is 65.2 Å². The van der Waals surface area contributed by atoms with Crippen molar-refractivity contribution in [1.29, 1.82) is 0 Å². The molecule has 0 atom stereocenters. The van der Waals surface area contributed by atoms with Gasteiger partial charge in [-0.25, -0.2) is 4.98 Å². The number of hydrogen-bond donors (Lipinski definition) is 4. The number of anilines is 2. The number of nitrogens with zero attached hydrogens (tertiary/aromatic N) is 5. The highest BCUT2D eigenvalue weighted by molar-refractivity contribution is 5.95. The van der Waals surface area contributed by atoms with Crippen LogP contribution in [0.4, 0.5) is 11.6 Å². The number of aromatic amines is 2. The second-order valence-corrected chi connectivity index (χ2v) is 14.4. The average molecular weight is 667 g/mol. The number of aliphatic hydroxyl groups excluding tert-OH is 1. The van der Waals surface area contributed by atoms with Crippen molar-refractivity contribution >= 4 is 28.2 Å². The van der Waals surface area contributed by atoms with Gasteiger partial charge in [0.25, 0.3) is 5.56 Å². The second kappa shape index (κ2) is 11.2. The summed E-state index contributed by atoms with van der Waals surface area (Å²) in [6.07, 6.45) is 10.2. The van der Waals surface area contributed by atoms with Gasteiger partial charge in [-0.3, -0.25) is 4.79 Å². The monoisotopic (exact) mass is 666 g/mol. The van der Waals surface area contributed by atoms with Gasteiger partial charge in [-0.05, 0) is 72.2 Å². The zero-order chi connectivity index (χ0) is 34.3. The molecule has 5 N–H and O–H groups in total. The lowest BCUT2D eigenvalue weighted by atomic mass is 9.90. The molecule has 50 heavy (non-hydrogen) atoms. The van der Waals surface area contributed by atoms with Crippen LogP contribution in [-0.2, 0) is 24.2 Å². The number of benzene rings is 2. The van der Waals surface area contributed by atoms with E-state index in [2.05, 4.69) is 93.4 Å². The predicted octanol–water partition coefficient (Wildman–Crippen LogP) is 5.95. The van der Waals surface area contributed by atoms with E-state index in [-0.39, 0.29) is 23.5 Å². The molecule has 6 heterocycles. The minimum atomic E-state index is -0.220. The minimum absolute atomic E-state index is 0.145. The van der Waals surface area contributed by atoms with Crippen molar-refractivity contribution in [3.8, 4) is 33.8 Å². The van der Waals surface area contributed by atoms with Crippen LogP contribution in [0.25, 0.3) is 50.3 Å². The van der Waals surface area contributed by atoms with E-state index in [1.165, 1.54) is 11.3 Å². The number of nitrogens with one attached hydrogen (secondary N) is 2. The Kier molecular flexibility index (Phi) is 6.81. The van der Waals surface area contributed by atoms with Gasteiger partial charge in [0.05, 0.1) is 37.3 Å². The zero-order valence-corrected chi connectivity index (χ0v) is 28.2. The van der Waals surface area contributed by atoms with Crippen LogP contribution in [0, 0.1) is 5.41 Å². The molecule has 2 aromatic carbocycles. The summed E-state index contributed by atoms with van der Waals surface area (Å²) in [6.45, 7) is 7.90. The number of allylic oxidation sites excluding steroid dienone is 1. The Balaban J connectivity index is 1.04. The van der Waals surface area contributed by atoms with E-state index >= 15 is 0 Å². The Hall–Kier alpha value is -5.65. The number of aliphatic hydroxyl groups is 1. The largest absolute Gasteiger partial charge is 0.392 e. The summed E-state index contributed by atoms with van der Waals surface area (Å²) >= 11 is 0. The standard InChI is InChI=1S/C39H38N8O3/c1-22-17-45(28-20-50-21-28)10-11-46(22)27-7-4-23(5-8-27)31-14-30-35(43-38(40)44-36(30)41-31)24-6-9-29(26(12-24)19-48)32-18-47-33(37(49)42-32)13-25-15-39(2,3)16-34(25)47/h4-14,17-18,28,48H,15-16,19-21H2,1-3H3,(H,42,49)(H3,40,41,43,44). The third kappa shape index (κ3) is 5.00. The lowest BCUT2D eigenvalue weighted by Crippen LogP contribution is -2.45. The Morgan fingerprint density at radius 2 is 1.78 bits per heavy atom. The van der Waals surface area contributed by atoms with Crippen molar-refractivity contribution in [2.75, 3.05) is 23.8 Å². The van der Waals surface area contributed by atoms with Crippen molar-refractivity contribution in [3.05, 3.63) is 112 Å². The SMILES string of the molecule is CC1=CN(C2COC2)C=CN1c1ccc(-c2cc3c(-c4ccc(-c5cn6c7c(cc6c(=O)[nH]5)CC(C)(C)C7)c(CO)c4)nc(N)nc3[nH]2)cc1.